The molecule has 114 valence electrons. The van der Waals surface area contributed by atoms with Crippen LogP contribution in [-0.4, -0.2) is 35.3 Å². The largest absolute Gasteiger partial charge is 0.342 e. The first-order chi connectivity index (χ1) is 9.20. The number of carbonyl (C=O) groups is 2. The number of piperazine rings is 1. The standard InChI is InChI=1S/C16H28N2O2/c1-10(2)13-14(19)17-12(11-6-7-11)15(20)18(13)9-8-16(3,4)5/h10-13H,6-9H2,1-5H3,(H,17,19). The molecule has 2 fully saturated rings. The number of nitrogens with one attached hydrogen (secondary N) is 1. The Morgan fingerprint density at radius 3 is 2.30 bits per heavy atom. The van der Waals surface area contributed by atoms with Crippen LogP contribution in [-0.2, 0) is 9.59 Å². The fourth-order valence-corrected chi connectivity index (χ4v) is 2.87. The molecule has 2 amide bonds. The number of nitrogens with zero attached hydrogens (tertiary/aromatic N) is 1. The van der Waals surface area contributed by atoms with Gasteiger partial charge in [-0.2, -0.15) is 0 Å². The smallest absolute Gasteiger partial charge is 0.246 e. The predicted molar refractivity (Wildman–Crippen MR) is 79.1 cm³/mol. The van der Waals surface area contributed by atoms with Crippen LogP contribution in [0, 0.1) is 17.3 Å². The first-order valence-electron chi connectivity index (χ1n) is 7.81. The molecule has 0 aromatic heterocycles. The molecule has 4 heteroatoms. The van der Waals surface area contributed by atoms with Gasteiger partial charge in [-0.25, -0.2) is 0 Å². The second-order valence-corrected chi connectivity index (χ2v) is 7.85. The number of carbonyl (C=O) groups excluding carboxylic acids is 2. The maximum absolute atomic E-state index is 12.7. The second kappa shape index (κ2) is 5.38. The van der Waals surface area contributed by atoms with Crippen molar-refractivity contribution >= 4 is 11.8 Å². The lowest BCUT2D eigenvalue weighted by molar-refractivity contribution is -0.152. The maximum Gasteiger partial charge on any atom is 0.246 e. The van der Waals surface area contributed by atoms with Gasteiger partial charge in [0.2, 0.25) is 11.8 Å². The molecule has 0 aromatic rings. The van der Waals surface area contributed by atoms with Crippen molar-refractivity contribution in [3.05, 3.63) is 0 Å². The summed E-state index contributed by atoms with van der Waals surface area (Å²) in [5.74, 6) is 0.691. The van der Waals surface area contributed by atoms with Gasteiger partial charge in [0, 0.05) is 6.54 Å². The molecule has 0 aromatic carbocycles. The molecule has 1 aliphatic heterocycles. The summed E-state index contributed by atoms with van der Waals surface area (Å²) in [6, 6.07) is -0.572. The molecule has 1 saturated carbocycles. The zero-order chi connectivity index (χ0) is 15.1. The topological polar surface area (TPSA) is 49.4 Å². The van der Waals surface area contributed by atoms with E-state index in [4.69, 9.17) is 0 Å². The Bertz CT molecular complexity index is 394. The van der Waals surface area contributed by atoms with Crippen LogP contribution >= 0.6 is 0 Å². The van der Waals surface area contributed by atoms with Crippen molar-refractivity contribution in [1.29, 1.82) is 0 Å². The third kappa shape index (κ3) is 3.33. The minimum atomic E-state index is -0.306. The highest BCUT2D eigenvalue weighted by Crippen LogP contribution is 2.36. The van der Waals surface area contributed by atoms with E-state index in [0.717, 1.165) is 19.3 Å². The van der Waals surface area contributed by atoms with Gasteiger partial charge in [-0.3, -0.25) is 9.59 Å². The number of rotatable bonds is 4. The summed E-state index contributed by atoms with van der Waals surface area (Å²) < 4.78 is 0. The number of amides is 2. The van der Waals surface area contributed by atoms with Crippen LogP contribution in [0.5, 0.6) is 0 Å². The quantitative estimate of drug-likeness (QED) is 0.858. The Kier molecular flexibility index (Phi) is 4.12. The van der Waals surface area contributed by atoms with Crippen molar-refractivity contribution in [2.45, 2.75) is 66.0 Å². The lowest BCUT2D eigenvalue weighted by Gasteiger charge is -2.42. The fraction of sp³-hybridized carbons (Fsp3) is 0.875. The lowest BCUT2D eigenvalue weighted by Crippen LogP contribution is -2.65. The van der Waals surface area contributed by atoms with E-state index >= 15 is 0 Å². The number of hydrogen-bond acceptors (Lipinski definition) is 2. The number of hydrogen-bond donors (Lipinski definition) is 1. The zero-order valence-electron chi connectivity index (χ0n) is 13.4. The lowest BCUT2D eigenvalue weighted by atomic mass is 9.89. The molecule has 0 spiro atoms. The SMILES string of the molecule is CC(C)C1C(=O)NC(C2CC2)C(=O)N1CCC(C)(C)C. The second-order valence-electron chi connectivity index (χ2n) is 7.85. The summed E-state index contributed by atoms with van der Waals surface area (Å²) in [6.45, 7) is 11.2. The van der Waals surface area contributed by atoms with Crippen molar-refractivity contribution in [2.75, 3.05) is 6.54 Å². The van der Waals surface area contributed by atoms with Gasteiger partial charge in [0.25, 0.3) is 0 Å². The van der Waals surface area contributed by atoms with Gasteiger partial charge in [0.1, 0.15) is 12.1 Å². The van der Waals surface area contributed by atoms with Crippen LogP contribution in [0.2, 0.25) is 0 Å². The molecular weight excluding hydrogens is 252 g/mol. The van der Waals surface area contributed by atoms with Crippen LogP contribution in [0.4, 0.5) is 0 Å². The molecular formula is C16H28N2O2. The van der Waals surface area contributed by atoms with Crippen molar-refractivity contribution in [3.63, 3.8) is 0 Å². The zero-order valence-corrected chi connectivity index (χ0v) is 13.4. The summed E-state index contributed by atoms with van der Waals surface area (Å²) in [7, 11) is 0. The third-order valence-electron chi connectivity index (χ3n) is 4.28. The van der Waals surface area contributed by atoms with Gasteiger partial charge in [0.15, 0.2) is 0 Å². The highest BCUT2D eigenvalue weighted by atomic mass is 16.2. The van der Waals surface area contributed by atoms with Crippen LogP contribution in [0.1, 0.15) is 53.9 Å². The van der Waals surface area contributed by atoms with E-state index in [-0.39, 0.29) is 35.2 Å². The van der Waals surface area contributed by atoms with Gasteiger partial charge in [-0.05, 0) is 36.5 Å². The van der Waals surface area contributed by atoms with Gasteiger partial charge >= 0.3 is 0 Å². The summed E-state index contributed by atoms with van der Waals surface area (Å²) in [5.41, 5.74) is 0.171. The van der Waals surface area contributed by atoms with Crippen LogP contribution in [0.15, 0.2) is 0 Å². The van der Waals surface area contributed by atoms with Crippen molar-refractivity contribution < 1.29 is 9.59 Å². The Labute approximate surface area is 122 Å². The molecule has 2 aliphatic rings. The summed E-state index contributed by atoms with van der Waals surface area (Å²) in [4.78, 5) is 26.9. The minimum Gasteiger partial charge on any atom is -0.342 e. The van der Waals surface area contributed by atoms with E-state index in [1.54, 1.807) is 0 Å². The van der Waals surface area contributed by atoms with Crippen LogP contribution in [0.25, 0.3) is 0 Å². The van der Waals surface area contributed by atoms with Crippen LogP contribution < -0.4 is 5.32 Å². The normalized spacial score (nSPS) is 28.0. The first-order valence-corrected chi connectivity index (χ1v) is 7.81. The van der Waals surface area contributed by atoms with Gasteiger partial charge < -0.3 is 10.2 Å². The van der Waals surface area contributed by atoms with Gasteiger partial charge in [-0.15, -0.1) is 0 Å². The molecule has 1 aliphatic carbocycles. The molecule has 0 bridgehead atoms. The van der Waals surface area contributed by atoms with E-state index in [2.05, 4.69) is 26.1 Å². The average molecular weight is 280 g/mol. The van der Waals surface area contributed by atoms with E-state index < -0.39 is 0 Å². The summed E-state index contributed by atoms with van der Waals surface area (Å²) in [5, 5.41) is 2.96. The van der Waals surface area contributed by atoms with Crippen LogP contribution in [0.3, 0.4) is 0 Å². The Balaban J connectivity index is 2.15. The maximum atomic E-state index is 12.7. The summed E-state index contributed by atoms with van der Waals surface area (Å²) in [6.07, 6.45) is 3.05. The third-order valence-corrected chi connectivity index (χ3v) is 4.28. The highest BCUT2D eigenvalue weighted by Gasteiger charge is 2.47. The first kappa shape index (κ1) is 15.3. The predicted octanol–water partition coefficient (Wildman–Crippen LogP) is 2.18. The van der Waals surface area contributed by atoms with Crippen molar-refractivity contribution in [2.24, 2.45) is 17.3 Å². The monoisotopic (exact) mass is 280 g/mol. The summed E-state index contributed by atoms with van der Waals surface area (Å²) >= 11 is 0. The molecule has 2 atom stereocenters. The van der Waals surface area contributed by atoms with Gasteiger partial charge in [0.05, 0.1) is 0 Å². The molecule has 0 radical (unpaired) electrons. The molecule has 4 nitrogen and oxygen atoms in total. The molecule has 1 saturated heterocycles. The average Bonchev–Trinajstić information content (AvgIpc) is 3.11. The Morgan fingerprint density at radius 1 is 1.25 bits per heavy atom. The molecule has 1 heterocycles. The molecule has 20 heavy (non-hydrogen) atoms. The van der Waals surface area contributed by atoms with E-state index in [1.807, 2.05) is 18.7 Å². The Morgan fingerprint density at radius 2 is 1.85 bits per heavy atom. The fourth-order valence-electron chi connectivity index (χ4n) is 2.87. The Hall–Kier alpha value is -1.06. The van der Waals surface area contributed by atoms with E-state index in [0.29, 0.717) is 12.5 Å². The van der Waals surface area contributed by atoms with E-state index in [1.165, 1.54) is 0 Å². The minimum absolute atomic E-state index is 0.0328. The molecule has 2 unspecified atom stereocenters. The van der Waals surface area contributed by atoms with Crippen molar-refractivity contribution in [1.82, 2.24) is 10.2 Å². The van der Waals surface area contributed by atoms with E-state index in [9.17, 15) is 9.59 Å². The molecule has 2 rings (SSSR count). The highest BCUT2D eigenvalue weighted by molar-refractivity contribution is 5.97. The van der Waals surface area contributed by atoms with Crippen molar-refractivity contribution in [3.8, 4) is 0 Å². The molecule has 1 N–H and O–H groups in total. The van der Waals surface area contributed by atoms with Gasteiger partial charge in [-0.1, -0.05) is 34.6 Å².